The third-order valence-electron chi connectivity index (χ3n) is 4.07. The molecule has 22 heavy (non-hydrogen) atoms. The van der Waals surface area contributed by atoms with Gasteiger partial charge in [0, 0.05) is 29.9 Å². The Morgan fingerprint density at radius 1 is 1.00 bits per heavy atom. The number of H-pyrrole nitrogens is 1. The highest BCUT2D eigenvalue weighted by Crippen LogP contribution is 2.32. The Bertz CT molecular complexity index is 643. The van der Waals surface area contributed by atoms with E-state index in [2.05, 4.69) is 29.4 Å². The molecule has 5 heteroatoms. The average Bonchev–Trinajstić information content (AvgIpc) is 2.90. The Hall–Kier alpha value is -2.30. The fourth-order valence-corrected chi connectivity index (χ4v) is 2.92. The van der Waals surface area contributed by atoms with Gasteiger partial charge in [0.25, 0.3) is 0 Å². The fourth-order valence-electron chi connectivity index (χ4n) is 2.92. The van der Waals surface area contributed by atoms with E-state index in [4.69, 9.17) is 22.3 Å². The Morgan fingerprint density at radius 3 is 2.45 bits per heavy atom. The molecule has 0 radical (unpaired) electrons. The molecule has 0 aliphatic heterocycles. The van der Waals surface area contributed by atoms with Crippen LogP contribution in [0.15, 0.2) is 30.5 Å². The first-order chi connectivity index (χ1) is 10.6. The van der Waals surface area contributed by atoms with Crippen LogP contribution in [0.3, 0.4) is 0 Å². The van der Waals surface area contributed by atoms with Crippen LogP contribution < -0.4 is 11.5 Å². The molecule has 2 rings (SSSR count). The predicted octanol–water partition coefficient (Wildman–Crippen LogP) is 3.46. The molecule has 0 saturated heterocycles. The molecule has 7 N–H and O–H groups in total. The summed E-state index contributed by atoms with van der Waals surface area (Å²) in [6, 6.07) is 8.30. The summed E-state index contributed by atoms with van der Waals surface area (Å²) in [6.07, 6.45) is 7.25. The molecule has 0 aliphatic carbocycles. The van der Waals surface area contributed by atoms with Crippen LogP contribution in [0, 0.1) is 10.8 Å². The molecule has 1 heterocycles. The summed E-state index contributed by atoms with van der Waals surface area (Å²) in [4.78, 5) is 3.33. The Morgan fingerprint density at radius 2 is 1.73 bits per heavy atom. The first-order valence-corrected chi connectivity index (χ1v) is 7.79. The molecule has 5 nitrogen and oxygen atoms in total. The zero-order chi connectivity index (χ0) is 15.9. The third-order valence-corrected chi connectivity index (χ3v) is 4.07. The highest BCUT2D eigenvalue weighted by atomic mass is 14.7. The quantitative estimate of drug-likeness (QED) is 0.277. The van der Waals surface area contributed by atoms with Crippen molar-refractivity contribution in [1.29, 1.82) is 10.8 Å². The molecule has 0 saturated carbocycles. The molecule has 2 aromatic rings. The Labute approximate surface area is 131 Å². The number of rotatable bonds is 9. The minimum absolute atomic E-state index is 0.244. The summed E-state index contributed by atoms with van der Waals surface area (Å²) >= 11 is 0. The third kappa shape index (κ3) is 4.35. The minimum Gasteiger partial charge on any atom is -0.388 e. The summed E-state index contributed by atoms with van der Waals surface area (Å²) in [5.74, 6) is 0.882. The smallest absolute Gasteiger partial charge is 0.0905 e. The molecule has 1 aromatic carbocycles. The van der Waals surface area contributed by atoms with Gasteiger partial charge in [-0.3, -0.25) is 10.8 Å². The van der Waals surface area contributed by atoms with E-state index >= 15 is 0 Å². The zero-order valence-electron chi connectivity index (χ0n) is 12.9. The maximum atomic E-state index is 7.47. The fraction of sp³-hybridized carbons (Fsp3) is 0.412. The minimum atomic E-state index is 0.244. The van der Waals surface area contributed by atoms with Gasteiger partial charge in [0.1, 0.15) is 0 Å². The number of nitrogens with two attached hydrogens (primary N) is 2. The number of unbranched alkanes of at least 4 members (excludes halogenated alkanes) is 1. The number of para-hydroxylation sites is 1. The van der Waals surface area contributed by atoms with Gasteiger partial charge >= 0.3 is 0 Å². The van der Waals surface area contributed by atoms with E-state index in [1.54, 1.807) is 0 Å². The van der Waals surface area contributed by atoms with Gasteiger partial charge < -0.3 is 16.5 Å². The second-order valence-corrected chi connectivity index (χ2v) is 5.82. The molecule has 1 aromatic heterocycles. The van der Waals surface area contributed by atoms with Gasteiger partial charge in [0.05, 0.1) is 11.7 Å². The Balaban J connectivity index is 2.09. The first-order valence-electron chi connectivity index (χ1n) is 7.79. The second-order valence-electron chi connectivity index (χ2n) is 5.82. The molecular weight excluding hydrogens is 274 g/mol. The molecule has 1 unspecified atom stereocenters. The first kappa shape index (κ1) is 16.1. The number of hydrogen-bond acceptors (Lipinski definition) is 2. The van der Waals surface area contributed by atoms with Gasteiger partial charge in [0.15, 0.2) is 0 Å². The zero-order valence-corrected chi connectivity index (χ0v) is 12.9. The van der Waals surface area contributed by atoms with E-state index < -0.39 is 0 Å². The Kier molecular flexibility index (Phi) is 5.58. The van der Waals surface area contributed by atoms with Gasteiger partial charge in [0.2, 0.25) is 0 Å². The van der Waals surface area contributed by atoms with E-state index in [-0.39, 0.29) is 11.7 Å². The standard InChI is InChI=1S/C17H25N5/c18-16(19)8-4-1-5-12(9-10-17(20)21)14-11-22-15-7-3-2-6-13(14)15/h2-3,6-7,11-12,22H,1,4-5,8-10H2,(H3,18,19)(H3,20,21). The molecular formula is C17H25N5. The normalized spacial score (nSPS) is 12.4. The summed E-state index contributed by atoms with van der Waals surface area (Å²) in [5, 5.41) is 16.0. The summed E-state index contributed by atoms with van der Waals surface area (Å²) in [5.41, 5.74) is 13.4. The largest absolute Gasteiger partial charge is 0.388 e. The number of hydrogen-bond donors (Lipinski definition) is 5. The van der Waals surface area contributed by atoms with Crippen LogP contribution >= 0.6 is 0 Å². The van der Waals surface area contributed by atoms with Crippen molar-refractivity contribution in [1.82, 2.24) is 4.98 Å². The average molecular weight is 299 g/mol. The van der Waals surface area contributed by atoms with Crippen LogP contribution in [0.4, 0.5) is 0 Å². The van der Waals surface area contributed by atoms with Gasteiger partial charge in [-0.2, -0.15) is 0 Å². The summed E-state index contributed by atoms with van der Waals surface area (Å²) in [6.45, 7) is 0. The van der Waals surface area contributed by atoms with Crippen molar-refractivity contribution in [2.75, 3.05) is 0 Å². The van der Waals surface area contributed by atoms with Crippen molar-refractivity contribution < 1.29 is 0 Å². The topological polar surface area (TPSA) is 116 Å². The number of aromatic nitrogens is 1. The summed E-state index contributed by atoms with van der Waals surface area (Å²) in [7, 11) is 0. The van der Waals surface area contributed by atoms with Crippen molar-refractivity contribution in [3.8, 4) is 0 Å². The van der Waals surface area contributed by atoms with Gasteiger partial charge in [-0.05, 0) is 36.8 Å². The van der Waals surface area contributed by atoms with Crippen LogP contribution in [0.2, 0.25) is 0 Å². The maximum Gasteiger partial charge on any atom is 0.0905 e. The van der Waals surface area contributed by atoms with Crippen molar-refractivity contribution in [3.05, 3.63) is 36.0 Å². The van der Waals surface area contributed by atoms with Crippen molar-refractivity contribution in [2.45, 2.75) is 44.4 Å². The number of amidine groups is 2. The molecule has 0 aliphatic rings. The lowest BCUT2D eigenvalue weighted by Crippen LogP contribution is -2.12. The van der Waals surface area contributed by atoms with Gasteiger partial charge in [-0.1, -0.05) is 24.6 Å². The molecule has 0 fully saturated rings. The lowest BCUT2D eigenvalue weighted by molar-refractivity contribution is 0.552. The van der Waals surface area contributed by atoms with Gasteiger partial charge in [-0.15, -0.1) is 0 Å². The molecule has 1 atom stereocenters. The highest BCUT2D eigenvalue weighted by molar-refractivity contribution is 5.84. The van der Waals surface area contributed by atoms with E-state index in [0.717, 1.165) is 31.2 Å². The predicted molar refractivity (Wildman–Crippen MR) is 92.6 cm³/mol. The van der Waals surface area contributed by atoms with Crippen molar-refractivity contribution >= 4 is 22.6 Å². The number of nitrogens with one attached hydrogen (secondary N) is 3. The molecule has 0 amide bonds. The maximum absolute atomic E-state index is 7.47. The van der Waals surface area contributed by atoms with Crippen molar-refractivity contribution in [2.24, 2.45) is 11.5 Å². The van der Waals surface area contributed by atoms with E-state index in [9.17, 15) is 0 Å². The van der Waals surface area contributed by atoms with Crippen LogP contribution in [0.25, 0.3) is 10.9 Å². The SMILES string of the molecule is N=C(N)CCCCC(CCC(=N)N)c1c[nH]c2ccccc12. The number of fused-ring (bicyclic) bond motifs is 1. The van der Waals surface area contributed by atoms with E-state index in [1.165, 1.54) is 10.9 Å². The van der Waals surface area contributed by atoms with Crippen LogP contribution in [-0.4, -0.2) is 16.7 Å². The highest BCUT2D eigenvalue weighted by Gasteiger charge is 2.16. The molecule has 118 valence electrons. The summed E-state index contributed by atoms with van der Waals surface area (Å²) < 4.78 is 0. The van der Waals surface area contributed by atoms with Crippen LogP contribution in [0.1, 0.15) is 50.0 Å². The van der Waals surface area contributed by atoms with Gasteiger partial charge in [-0.25, -0.2) is 0 Å². The molecule has 0 bridgehead atoms. The lowest BCUT2D eigenvalue weighted by Gasteiger charge is -2.16. The second kappa shape index (κ2) is 7.64. The molecule has 0 spiro atoms. The number of benzene rings is 1. The monoisotopic (exact) mass is 299 g/mol. The number of aromatic amines is 1. The van der Waals surface area contributed by atoms with E-state index in [0.29, 0.717) is 18.8 Å². The lowest BCUT2D eigenvalue weighted by atomic mass is 9.88. The van der Waals surface area contributed by atoms with Crippen LogP contribution in [-0.2, 0) is 0 Å². The van der Waals surface area contributed by atoms with Crippen LogP contribution in [0.5, 0.6) is 0 Å². The van der Waals surface area contributed by atoms with E-state index in [1.807, 2.05) is 6.07 Å². The van der Waals surface area contributed by atoms with Crippen molar-refractivity contribution in [3.63, 3.8) is 0 Å².